The van der Waals surface area contributed by atoms with Crippen LogP contribution in [0.4, 0.5) is 4.79 Å². The number of aromatic nitrogens is 6. The lowest BCUT2D eigenvalue weighted by molar-refractivity contribution is -0.150. The van der Waals surface area contributed by atoms with Crippen molar-refractivity contribution in [3.63, 3.8) is 0 Å². The molecule has 13 heteroatoms. The van der Waals surface area contributed by atoms with Crippen LogP contribution >= 0.6 is 0 Å². The number of benzene rings is 1. The van der Waals surface area contributed by atoms with Gasteiger partial charge >= 0.3 is 17.8 Å². The van der Waals surface area contributed by atoms with Crippen LogP contribution in [-0.2, 0) is 28.4 Å². The highest BCUT2D eigenvalue weighted by Crippen LogP contribution is 2.45. The minimum Gasteiger partial charge on any atom is -0.479 e. The summed E-state index contributed by atoms with van der Waals surface area (Å²) in [5.41, 5.74) is 5.95. The SMILES string of the molecule is COC(=O)N[C@H]1CC2C[C@H]1OC(=O)C[C@@H](C)c1ccc(cc1)-c1c(-c3cn(C)nc3OC)[nH]c3ncc4c(c13)n2c(=O)n4C. The van der Waals surface area contributed by atoms with E-state index < -0.39 is 18.2 Å². The second-order valence-electron chi connectivity index (χ2n) is 11.7. The van der Waals surface area contributed by atoms with Crippen molar-refractivity contribution < 1.29 is 23.8 Å². The van der Waals surface area contributed by atoms with Gasteiger partial charge in [-0.3, -0.25) is 18.6 Å². The first-order valence-electron chi connectivity index (χ1n) is 14.5. The van der Waals surface area contributed by atoms with Crippen molar-refractivity contribution in [3.05, 3.63) is 52.7 Å². The first kappa shape index (κ1) is 27.7. The van der Waals surface area contributed by atoms with Crippen LogP contribution in [-0.4, -0.2) is 67.3 Å². The maximum Gasteiger partial charge on any atom is 0.407 e. The maximum atomic E-state index is 14.0. The molecule has 1 unspecified atom stereocenters. The third-order valence-corrected chi connectivity index (χ3v) is 8.99. The van der Waals surface area contributed by atoms with Gasteiger partial charge in [0.25, 0.3) is 0 Å². The number of imidazole rings is 1. The molecule has 2 aliphatic heterocycles. The summed E-state index contributed by atoms with van der Waals surface area (Å²) in [7, 11) is 6.41. The van der Waals surface area contributed by atoms with Crippen molar-refractivity contribution in [1.82, 2.24) is 34.2 Å². The number of ether oxygens (including phenoxy) is 3. The predicted molar refractivity (Wildman–Crippen MR) is 162 cm³/mol. The van der Waals surface area contributed by atoms with Gasteiger partial charge < -0.3 is 24.5 Å². The molecule has 0 saturated heterocycles. The van der Waals surface area contributed by atoms with E-state index in [0.29, 0.717) is 35.4 Å². The molecule has 44 heavy (non-hydrogen) atoms. The molecule has 228 valence electrons. The van der Waals surface area contributed by atoms with Crippen LogP contribution in [0, 0.1) is 0 Å². The number of H-pyrrole nitrogens is 1. The first-order chi connectivity index (χ1) is 21.2. The Morgan fingerprint density at radius 3 is 2.64 bits per heavy atom. The minimum atomic E-state index is -0.647. The molecule has 4 atom stereocenters. The Morgan fingerprint density at radius 1 is 1.14 bits per heavy atom. The highest BCUT2D eigenvalue weighted by molar-refractivity contribution is 6.14. The van der Waals surface area contributed by atoms with Gasteiger partial charge in [-0.2, -0.15) is 0 Å². The van der Waals surface area contributed by atoms with Crippen molar-refractivity contribution in [3.8, 4) is 28.3 Å². The van der Waals surface area contributed by atoms with Crippen LogP contribution < -0.4 is 15.7 Å². The van der Waals surface area contributed by atoms with E-state index in [1.54, 1.807) is 34.2 Å². The van der Waals surface area contributed by atoms with Gasteiger partial charge in [0.1, 0.15) is 11.8 Å². The van der Waals surface area contributed by atoms with Gasteiger partial charge in [-0.25, -0.2) is 14.6 Å². The number of aromatic amines is 1. The lowest BCUT2D eigenvalue weighted by atomic mass is 9.93. The summed E-state index contributed by atoms with van der Waals surface area (Å²) in [6, 6.07) is 7.14. The number of alkyl carbamates (subject to hydrolysis) is 1. The average molecular weight is 600 g/mol. The molecule has 1 saturated carbocycles. The second kappa shape index (κ2) is 10.3. The van der Waals surface area contributed by atoms with Crippen LogP contribution in [0.5, 0.6) is 5.88 Å². The van der Waals surface area contributed by atoms with Crippen LogP contribution in [0.2, 0.25) is 0 Å². The highest BCUT2D eigenvalue weighted by Gasteiger charge is 2.41. The summed E-state index contributed by atoms with van der Waals surface area (Å²) in [5, 5.41) is 8.09. The monoisotopic (exact) mass is 599 g/mol. The molecule has 8 rings (SSSR count). The van der Waals surface area contributed by atoms with E-state index in [1.807, 2.05) is 44.4 Å². The van der Waals surface area contributed by atoms with E-state index in [9.17, 15) is 14.4 Å². The Hall–Kier alpha value is -5.07. The molecule has 5 aromatic rings. The fourth-order valence-corrected chi connectivity index (χ4v) is 6.84. The van der Waals surface area contributed by atoms with Gasteiger partial charge in [0, 0.05) is 38.3 Å². The third kappa shape index (κ3) is 4.25. The fourth-order valence-electron chi connectivity index (χ4n) is 6.84. The minimum absolute atomic E-state index is 0.110. The molecule has 1 fully saturated rings. The van der Waals surface area contributed by atoms with Gasteiger partial charge in [-0.05, 0) is 23.5 Å². The number of esters is 1. The third-order valence-electron chi connectivity index (χ3n) is 8.99. The number of rotatable bonds is 3. The van der Waals surface area contributed by atoms with Gasteiger partial charge in [0.2, 0.25) is 5.88 Å². The smallest absolute Gasteiger partial charge is 0.407 e. The Bertz CT molecular complexity index is 2000. The normalized spacial score (nSPS) is 21.4. The number of fused-ring (bicyclic) bond motifs is 5. The molecule has 1 aromatic carbocycles. The Labute approximate surface area is 251 Å². The van der Waals surface area contributed by atoms with E-state index in [4.69, 9.17) is 19.2 Å². The standard InChI is InChI=1S/C31H33N7O6/c1-15-10-23(39)44-22-12-18(11-20(22)33-30(40)43-5)38-27-21(37(3)31(38)41)13-32-28-25(27)24(17-8-6-16(15)7-9-17)26(34-28)19-14-36(2)35-29(19)42-4/h6-9,13-15,18,20,22H,10-12H2,1-5H3,(H,32,34)(H,33,40)/t15-,18?,20+,22-/m1/s1. The van der Waals surface area contributed by atoms with Crippen molar-refractivity contribution in [1.29, 1.82) is 0 Å². The quantitative estimate of drug-likeness (QED) is 0.298. The number of hydrogen-bond donors (Lipinski definition) is 2. The van der Waals surface area contributed by atoms with Gasteiger partial charge in [-0.1, -0.05) is 31.2 Å². The van der Waals surface area contributed by atoms with Crippen molar-refractivity contribution in [2.75, 3.05) is 14.2 Å². The zero-order chi connectivity index (χ0) is 30.9. The zero-order valence-electron chi connectivity index (χ0n) is 25.1. The number of nitrogens with one attached hydrogen (secondary N) is 2. The van der Waals surface area contributed by atoms with E-state index in [1.165, 1.54) is 7.11 Å². The summed E-state index contributed by atoms with van der Waals surface area (Å²) in [6.07, 6.45) is 3.17. The number of aryl methyl sites for hydroxylation is 2. The van der Waals surface area contributed by atoms with Crippen molar-refractivity contribution in [2.24, 2.45) is 14.1 Å². The molecule has 1 amide bonds. The molecular formula is C31H33N7O6. The largest absolute Gasteiger partial charge is 0.479 e. The van der Waals surface area contributed by atoms with Gasteiger partial charge in [-0.15, -0.1) is 5.10 Å². The number of carbonyl (C=O) groups excluding carboxylic acids is 2. The molecule has 4 bridgehead atoms. The van der Waals surface area contributed by atoms with Crippen LogP contribution in [0.3, 0.4) is 0 Å². The van der Waals surface area contributed by atoms with Crippen molar-refractivity contribution in [2.45, 2.75) is 50.3 Å². The Morgan fingerprint density at radius 2 is 1.91 bits per heavy atom. The fraction of sp³-hybridized carbons (Fsp3) is 0.387. The number of nitrogens with zero attached hydrogens (tertiary/aromatic N) is 5. The summed E-state index contributed by atoms with van der Waals surface area (Å²) >= 11 is 0. The van der Waals surface area contributed by atoms with E-state index in [0.717, 1.165) is 33.3 Å². The molecule has 1 aliphatic carbocycles. The Kier molecular flexibility index (Phi) is 6.48. The topological polar surface area (TPSA) is 147 Å². The van der Waals surface area contributed by atoms with Crippen molar-refractivity contribution >= 4 is 34.1 Å². The van der Waals surface area contributed by atoms with Crippen LogP contribution in [0.25, 0.3) is 44.5 Å². The summed E-state index contributed by atoms with van der Waals surface area (Å²) < 4.78 is 21.5. The number of hydrogen-bond acceptors (Lipinski definition) is 8. The van der Waals surface area contributed by atoms with Gasteiger partial charge in [0.15, 0.2) is 0 Å². The van der Waals surface area contributed by atoms with E-state index in [-0.39, 0.29) is 30.0 Å². The summed E-state index contributed by atoms with van der Waals surface area (Å²) in [4.78, 5) is 47.8. The van der Waals surface area contributed by atoms with Crippen LogP contribution in [0.15, 0.2) is 41.5 Å². The lowest BCUT2D eigenvalue weighted by Gasteiger charge is -2.21. The Balaban J connectivity index is 1.56. The van der Waals surface area contributed by atoms with E-state index >= 15 is 0 Å². The zero-order valence-corrected chi connectivity index (χ0v) is 25.1. The van der Waals surface area contributed by atoms with E-state index in [2.05, 4.69) is 15.4 Å². The number of amides is 1. The lowest BCUT2D eigenvalue weighted by Crippen LogP contribution is -2.42. The number of carbonyl (C=O) groups is 2. The number of pyridine rings is 1. The summed E-state index contributed by atoms with van der Waals surface area (Å²) in [5.74, 6) is -0.0292. The molecule has 0 spiro atoms. The highest BCUT2D eigenvalue weighted by atomic mass is 16.6. The molecule has 3 aliphatic rings. The molecule has 0 radical (unpaired) electrons. The maximum absolute atomic E-state index is 14.0. The predicted octanol–water partition coefficient (Wildman–Crippen LogP) is 3.77. The molecule has 13 nitrogen and oxygen atoms in total. The molecular weight excluding hydrogens is 566 g/mol. The molecule has 6 heterocycles. The molecule has 2 N–H and O–H groups in total. The van der Waals surface area contributed by atoms with Gasteiger partial charge in [0.05, 0.1) is 60.6 Å². The first-order valence-corrected chi connectivity index (χ1v) is 14.5. The summed E-state index contributed by atoms with van der Waals surface area (Å²) in [6.45, 7) is 1.98. The number of methoxy groups -OCH3 is 2. The van der Waals surface area contributed by atoms with Crippen LogP contribution in [0.1, 0.15) is 43.7 Å². The molecule has 4 aromatic heterocycles. The average Bonchev–Trinajstić information content (AvgIpc) is 3.75. The second-order valence-corrected chi connectivity index (χ2v) is 11.7.